The molecule has 6 nitrogen and oxygen atoms in total. The molecule has 0 aromatic carbocycles. The number of hydrogen-bond donors (Lipinski definition) is 2. The Morgan fingerprint density at radius 2 is 2.00 bits per heavy atom. The number of carboxylic acid groups (broad SMARTS) is 1. The van der Waals surface area contributed by atoms with Crippen molar-refractivity contribution in [1.29, 1.82) is 0 Å². The normalized spacial score (nSPS) is 9.84. The molecule has 0 saturated heterocycles. The van der Waals surface area contributed by atoms with Crippen LogP contribution in [0.3, 0.4) is 0 Å². The molecule has 1 amide bonds. The number of nitrogens with zero attached hydrogens (tertiary/aromatic N) is 1. The van der Waals surface area contributed by atoms with Gasteiger partial charge in [0.15, 0.2) is 10.8 Å². The van der Waals surface area contributed by atoms with Gasteiger partial charge in [-0.3, -0.25) is 5.32 Å². The standard InChI is InChI=1S/C10H7Cl3N2O4/c1-2-3-19-10(18)15-6-4(11)7(9(16)17)14-8(13)5(6)12/h2H,1,3H2,(H,16,17)(H,14,15,18). The summed E-state index contributed by atoms with van der Waals surface area (Å²) >= 11 is 17.2. The Hall–Kier alpha value is -1.50. The maximum atomic E-state index is 11.4. The number of nitrogens with one attached hydrogen (secondary N) is 1. The second-order valence-corrected chi connectivity index (χ2v) is 4.19. The first-order valence-corrected chi connectivity index (χ1v) is 5.84. The van der Waals surface area contributed by atoms with Gasteiger partial charge in [0.2, 0.25) is 0 Å². The number of carboxylic acids is 1. The number of carbonyl (C=O) groups excluding carboxylic acids is 1. The maximum absolute atomic E-state index is 11.4. The fourth-order valence-corrected chi connectivity index (χ4v) is 1.71. The molecule has 2 N–H and O–H groups in total. The predicted molar refractivity (Wildman–Crippen MR) is 71.4 cm³/mol. The molecule has 1 rings (SSSR count). The van der Waals surface area contributed by atoms with Crippen LogP contribution in [-0.4, -0.2) is 28.8 Å². The largest absolute Gasteiger partial charge is 0.476 e. The van der Waals surface area contributed by atoms with Gasteiger partial charge < -0.3 is 9.84 Å². The number of carbonyl (C=O) groups is 2. The van der Waals surface area contributed by atoms with Gasteiger partial charge in [0.25, 0.3) is 0 Å². The number of anilines is 1. The highest BCUT2D eigenvalue weighted by atomic mass is 35.5. The van der Waals surface area contributed by atoms with Crippen LogP contribution in [0.15, 0.2) is 12.7 Å². The Morgan fingerprint density at radius 1 is 1.37 bits per heavy atom. The summed E-state index contributed by atoms with van der Waals surface area (Å²) in [4.78, 5) is 25.7. The fourth-order valence-electron chi connectivity index (χ4n) is 1.04. The number of amides is 1. The minimum Gasteiger partial charge on any atom is -0.476 e. The summed E-state index contributed by atoms with van der Waals surface area (Å²) in [5.74, 6) is -1.41. The first kappa shape index (κ1) is 15.6. The van der Waals surface area contributed by atoms with Crippen LogP contribution < -0.4 is 5.32 Å². The van der Waals surface area contributed by atoms with Gasteiger partial charge >= 0.3 is 12.1 Å². The smallest absolute Gasteiger partial charge is 0.412 e. The molecule has 0 unspecified atom stereocenters. The molecule has 0 radical (unpaired) electrons. The van der Waals surface area contributed by atoms with Crippen molar-refractivity contribution >= 4 is 52.6 Å². The first-order valence-electron chi connectivity index (χ1n) is 4.71. The summed E-state index contributed by atoms with van der Waals surface area (Å²) in [5, 5.41) is 10.2. The van der Waals surface area contributed by atoms with Crippen LogP contribution in [0.1, 0.15) is 10.5 Å². The Kier molecular flexibility index (Phi) is 5.41. The lowest BCUT2D eigenvalue weighted by atomic mass is 10.3. The van der Waals surface area contributed by atoms with E-state index in [1.54, 1.807) is 0 Å². The second kappa shape index (κ2) is 6.60. The van der Waals surface area contributed by atoms with E-state index in [9.17, 15) is 9.59 Å². The van der Waals surface area contributed by atoms with Gasteiger partial charge in [0.05, 0.1) is 10.7 Å². The number of ether oxygens (including phenoxy) is 1. The summed E-state index contributed by atoms with van der Waals surface area (Å²) in [5.41, 5.74) is -0.718. The van der Waals surface area contributed by atoms with Gasteiger partial charge in [0, 0.05) is 0 Å². The first-order chi connectivity index (χ1) is 8.88. The molecule has 0 spiro atoms. The minimum absolute atomic E-state index is 0.0360. The van der Waals surface area contributed by atoms with Crippen molar-refractivity contribution in [2.75, 3.05) is 11.9 Å². The van der Waals surface area contributed by atoms with Gasteiger partial charge in [-0.05, 0) is 0 Å². The highest BCUT2D eigenvalue weighted by molar-refractivity contribution is 6.46. The van der Waals surface area contributed by atoms with Crippen molar-refractivity contribution in [3.63, 3.8) is 0 Å². The van der Waals surface area contributed by atoms with Gasteiger partial charge in [-0.1, -0.05) is 47.5 Å². The number of hydrogen-bond acceptors (Lipinski definition) is 4. The summed E-state index contributed by atoms with van der Waals surface area (Å²) in [6.45, 7) is 3.32. The van der Waals surface area contributed by atoms with E-state index < -0.39 is 17.8 Å². The molecule has 1 heterocycles. The monoisotopic (exact) mass is 324 g/mol. The zero-order chi connectivity index (χ0) is 14.6. The van der Waals surface area contributed by atoms with Gasteiger partial charge in [-0.25, -0.2) is 14.6 Å². The number of aromatic carboxylic acids is 1. The van der Waals surface area contributed by atoms with E-state index >= 15 is 0 Å². The van der Waals surface area contributed by atoms with Crippen LogP contribution in [0.4, 0.5) is 10.5 Å². The molecule has 0 fully saturated rings. The van der Waals surface area contributed by atoms with E-state index in [-0.39, 0.29) is 27.5 Å². The van der Waals surface area contributed by atoms with E-state index in [0.717, 1.165) is 0 Å². The molecule has 1 aromatic heterocycles. The molecule has 1 aromatic rings. The lowest BCUT2D eigenvalue weighted by Gasteiger charge is -2.11. The molecule has 0 aliphatic heterocycles. The van der Waals surface area contributed by atoms with Crippen molar-refractivity contribution in [3.8, 4) is 0 Å². The number of aromatic nitrogens is 1. The van der Waals surface area contributed by atoms with E-state index in [4.69, 9.17) is 39.9 Å². The summed E-state index contributed by atoms with van der Waals surface area (Å²) in [6.07, 6.45) is 0.465. The van der Waals surface area contributed by atoms with Crippen LogP contribution in [0.2, 0.25) is 15.2 Å². The molecule has 0 saturated carbocycles. The van der Waals surface area contributed by atoms with E-state index in [1.807, 2.05) is 0 Å². The van der Waals surface area contributed by atoms with Crippen molar-refractivity contribution in [2.24, 2.45) is 0 Å². The van der Waals surface area contributed by atoms with Crippen LogP contribution in [-0.2, 0) is 4.74 Å². The predicted octanol–water partition coefficient (Wildman–Crippen LogP) is 3.47. The topological polar surface area (TPSA) is 88.5 Å². The average Bonchev–Trinajstić information content (AvgIpc) is 2.36. The third-order valence-corrected chi connectivity index (χ3v) is 2.91. The highest BCUT2D eigenvalue weighted by Crippen LogP contribution is 2.36. The lowest BCUT2D eigenvalue weighted by Crippen LogP contribution is -2.16. The Bertz CT molecular complexity index is 548. The van der Waals surface area contributed by atoms with E-state index in [1.165, 1.54) is 6.08 Å². The zero-order valence-corrected chi connectivity index (χ0v) is 11.5. The molecular weight excluding hydrogens is 318 g/mol. The van der Waals surface area contributed by atoms with Crippen LogP contribution >= 0.6 is 34.8 Å². The maximum Gasteiger partial charge on any atom is 0.412 e. The number of pyridine rings is 1. The molecule has 0 aliphatic rings. The van der Waals surface area contributed by atoms with E-state index in [2.05, 4.69) is 21.6 Å². The zero-order valence-electron chi connectivity index (χ0n) is 9.24. The van der Waals surface area contributed by atoms with Crippen LogP contribution in [0.25, 0.3) is 0 Å². The van der Waals surface area contributed by atoms with E-state index in [0.29, 0.717) is 0 Å². The molecule has 19 heavy (non-hydrogen) atoms. The van der Waals surface area contributed by atoms with Gasteiger partial charge in [-0.15, -0.1) is 0 Å². The lowest BCUT2D eigenvalue weighted by molar-refractivity contribution is 0.0690. The molecule has 0 aliphatic carbocycles. The van der Waals surface area contributed by atoms with Crippen LogP contribution in [0.5, 0.6) is 0 Å². The fraction of sp³-hybridized carbons (Fsp3) is 0.100. The van der Waals surface area contributed by atoms with Crippen molar-refractivity contribution in [3.05, 3.63) is 33.5 Å². The molecule has 0 bridgehead atoms. The SMILES string of the molecule is C=CCOC(=O)Nc1c(Cl)c(Cl)nc(C(=O)O)c1Cl. The molecule has 0 atom stereocenters. The quantitative estimate of drug-likeness (QED) is 0.653. The Balaban J connectivity index is 3.15. The van der Waals surface area contributed by atoms with Crippen LogP contribution in [0, 0.1) is 0 Å². The van der Waals surface area contributed by atoms with Crippen molar-refractivity contribution in [1.82, 2.24) is 4.98 Å². The third-order valence-electron chi connectivity index (χ3n) is 1.80. The second-order valence-electron chi connectivity index (χ2n) is 3.07. The van der Waals surface area contributed by atoms with Crippen molar-refractivity contribution in [2.45, 2.75) is 0 Å². The molecular formula is C10H7Cl3N2O4. The Morgan fingerprint density at radius 3 is 2.53 bits per heavy atom. The summed E-state index contributed by atoms with van der Waals surface area (Å²) in [6, 6.07) is 0. The number of rotatable bonds is 4. The highest BCUT2D eigenvalue weighted by Gasteiger charge is 2.22. The Labute approximate surface area is 122 Å². The number of halogens is 3. The summed E-state index contributed by atoms with van der Waals surface area (Å²) < 4.78 is 4.65. The molecule has 102 valence electrons. The molecule has 9 heteroatoms. The third kappa shape index (κ3) is 3.73. The van der Waals surface area contributed by atoms with Crippen molar-refractivity contribution < 1.29 is 19.4 Å². The minimum atomic E-state index is -1.41. The van der Waals surface area contributed by atoms with Gasteiger partial charge in [0.1, 0.15) is 11.6 Å². The average molecular weight is 326 g/mol. The van der Waals surface area contributed by atoms with Gasteiger partial charge in [-0.2, -0.15) is 0 Å². The summed E-state index contributed by atoms with van der Waals surface area (Å²) in [7, 11) is 0.